The van der Waals surface area contributed by atoms with Crippen molar-refractivity contribution in [1.82, 2.24) is 5.32 Å². The van der Waals surface area contributed by atoms with Gasteiger partial charge in [0.1, 0.15) is 0 Å². The summed E-state index contributed by atoms with van der Waals surface area (Å²) in [6, 6.07) is 5.92. The summed E-state index contributed by atoms with van der Waals surface area (Å²) in [6.45, 7) is 5.49. The Morgan fingerprint density at radius 1 is 1.47 bits per heavy atom. The molecule has 2 amide bonds. The zero-order chi connectivity index (χ0) is 13.7. The number of nitrogens with one attached hydrogen (secondary N) is 2. The Hall–Kier alpha value is -1.55. The van der Waals surface area contributed by atoms with Crippen molar-refractivity contribution in [3.8, 4) is 0 Å². The summed E-state index contributed by atoms with van der Waals surface area (Å²) in [7, 11) is 0. The van der Waals surface area contributed by atoms with Crippen LogP contribution in [0.4, 0.5) is 10.5 Å². The Bertz CT molecular complexity index is 440. The van der Waals surface area contributed by atoms with E-state index in [1.165, 1.54) is 0 Å². The lowest BCUT2D eigenvalue weighted by molar-refractivity contribution is 0.112. The maximum Gasteiger partial charge on any atom is 0.319 e. The van der Waals surface area contributed by atoms with Gasteiger partial charge in [0.25, 0.3) is 0 Å². The summed E-state index contributed by atoms with van der Waals surface area (Å²) in [5.41, 5.74) is 3.17. The van der Waals surface area contributed by atoms with Gasteiger partial charge in [0.15, 0.2) is 0 Å². The molecule has 4 heteroatoms. The predicted octanol–water partition coefficient (Wildman–Crippen LogP) is 2.86. The van der Waals surface area contributed by atoms with E-state index in [9.17, 15) is 4.79 Å². The van der Waals surface area contributed by atoms with Gasteiger partial charge in [0, 0.05) is 18.8 Å². The molecule has 2 N–H and O–H groups in total. The topological polar surface area (TPSA) is 50.4 Å². The predicted molar refractivity (Wildman–Crippen MR) is 76.6 cm³/mol. The quantitative estimate of drug-likeness (QED) is 0.876. The standard InChI is InChI=1S/C15H22N2O2/c1-3-12-7-4-6-11(2)14(12)17-15(18)16-10-13-8-5-9-19-13/h4,6-7,13H,3,5,8-10H2,1-2H3,(H2,16,17,18). The van der Waals surface area contributed by atoms with Crippen LogP contribution in [0.25, 0.3) is 0 Å². The monoisotopic (exact) mass is 262 g/mol. The number of hydrogen-bond donors (Lipinski definition) is 2. The molecule has 1 aromatic rings. The number of benzene rings is 1. The molecule has 0 aromatic heterocycles. The first-order valence-electron chi connectivity index (χ1n) is 6.95. The molecule has 1 atom stereocenters. The number of para-hydroxylation sites is 1. The van der Waals surface area contributed by atoms with Gasteiger partial charge in [-0.2, -0.15) is 0 Å². The molecule has 1 saturated heterocycles. The van der Waals surface area contributed by atoms with Gasteiger partial charge in [0.05, 0.1) is 6.10 Å². The number of hydrogen-bond acceptors (Lipinski definition) is 2. The van der Waals surface area contributed by atoms with Gasteiger partial charge in [-0.3, -0.25) is 0 Å². The molecule has 1 heterocycles. The van der Waals surface area contributed by atoms with Crippen molar-refractivity contribution in [2.24, 2.45) is 0 Å². The second kappa shape index (κ2) is 6.57. The highest BCUT2D eigenvalue weighted by atomic mass is 16.5. The Labute approximate surface area is 114 Å². The van der Waals surface area contributed by atoms with E-state index in [2.05, 4.69) is 17.6 Å². The Morgan fingerprint density at radius 3 is 3.00 bits per heavy atom. The van der Waals surface area contributed by atoms with Crippen molar-refractivity contribution in [2.75, 3.05) is 18.5 Å². The minimum atomic E-state index is -0.153. The van der Waals surface area contributed by atoms with Crippen LogP contribution in [0.2, 0.25) is 0 Å². The van der Waals surface area contributed by atoms with Crippen LogP contribution in [0.1, 0.15) is 30.9 Å². The molecule has 1 unspecified atom stereocenters. The third-order valence-corrected chi connectivity index (χ3v) is 3.49. The molecule has 0 radical (unpaired) electrons. The van der Waals surface area contributed by atoms with Crippen LogP contribution < -0.4 is 10.6 Å². The summed E-state index contributed by atoms with van der Waals surface area (Å²) in [4.78, 5) is 11.9. The molecule has 0 saturated carbocycles. The molecule has 0 aliphatic carbocycles. The fraction of sp³-hybridized carbons (Fsp3) is 0.533. The number of anilines is 1. The first-order chi connectivity index (χ1) is 9.20. The van der Waals surface area contributed by atoms with Crippen molar-refractivity contribution in [3.63, 3.8) is 0 Å². The number of carbonyl (C=O) groups excluding carboxylic acids is 1. The second-order valence-corrected chi connectivity index (χ2v) is 4.93. The minimum Gasteiger partial charge on any atom is -0.376 e. The summed E-state index contributed by atoms with van der Waals surface area (Å²) in [5.74, 6) is 0. The number of rotatable bonds is 4. The molecule has 1 fully saturated rings. The van der Waals surface area contributed by atoms with E-state index in [1.54, 1.807) is 0 Å². The molecule has 1 aliphatic heterocycles. The number of aryl methyl sites for hydroxylation is 2. The van der Waals surface area contributed by atoms with E-state index in [-0.39, 0.29) is 12.1 Å². The summed E-state index contributed by atoms with van der Waals surface area (Å²) in [6.07, 6.45) is 3.20. The van der Waals surface area contributed by atoms with Crippen molar-refractivity contribution in [1.29, 1.82) is 0 Å². The third-order valence-electron chi connectivity index (χ3n) is 3.49. The lowest BCUT2D eigenvalue weighted by atomic mass is 10.1. The van der Waals surface area contributed by atoms with E-state index < -0.39 is 0 Å². The number of ether oxygens (including phenoxy) is 1. The van der Waals surface area contributed by atoms with Crippen LogP contribution in [0.3, 0.4) is 0 Å². The third kappa shape index (κ3) is 3.70. The van der Waals surface area contributed by atoms with Crippen molar-refractivity contribution >= 4 is 11.7 Å². The largest absolute Gasteiger partial charge is 0.376 e. The summed E-state index contributed by atoms with van der Waals surface area (Å²) in [5, 5.41) is 5.82. The smallest absolute Gasteiger partial charge is 0.319 e. The highest BCUT2D eigenvalue weighted by Crippen LogP contribution is 2.20. The van der Waals surface area contributed by atoms with Gasteiger partial charge in [-0.1, -0.05) is 25.1 Å². The van der Waals surface area contributed by atoms with Crippen molar-refractivity contribution < 1.29 is 9.53 Å². The maximum absolute atomic E-state index is 11.9. The van der Waals surface area contributed by atoms with Crippen LogP contribution >= 0.6 is 0 Å². The fourth-order valence-electron chi connectivity index (χ4n) is 2.37. The van der Waals surface area contributed by atoms with E-state index in [1.807, 2.05) is 25.1 Å². The molecule has 4 nitrogen and oxygen atoms in total. The van der Waals surface area contributed by atoms with E-state index in [0.717, 1.165) is 42.7 Å². The first-order valence-corrected chi connectivity index (χ1v) is 6.95. The van der Waals surface area contributed by atoms with Crippen LogP contribution in [0, 0.1) is 6.92 Å². The molecule has 1 aliphatic rings. The number of amides is 2. The average Bonchev–Trinajstić information content (AvgIpc) is 2.92. The zero-order valence-corrected chi connectivity index (χ0v) is 11.7. The zero-order valence-electron chi connectivity index (χ0n) is 11.7. The maximum atomic E-state index is 11.9. The lowest BCUT2D eigenvalue weighted by Crippen LogP contribution is -2.35. The molecular formula is C15H22N2O2. The SMILES string of the molecule is CCc1cccc(C)c1NC(=O)NCC1CCCO1. The van der Waals surface area contributed by atoms with Crippen LogP contribution in [-0.2, 0) is 11.2 Å². The molecule has 1 aromatic carbocycles. The summed E-state index contributed by atoms with van der Waals surface area (Å²) < 4.78 is 5.48. The highest BCUT2D eigenvalue weighted by molar-refractivity contribution is 5.91. The van der Waals surface area contributed by atoms with E-state index in [4.69, 9.17) is 4.74 Å². The van der Waals surface area contributed by atoms with Crippen LogP contribution in [0.15, 0.2) is 18.2 Å². The van der Waals surface area contributed by atoms with Gasteiger partial charge in [-0.15, -0.1) is 0 Å². The molecule has 2 rings (SSSR count). The molecule has 0 bridgehead atoms. The van der Waals surface area contributed by atoms with Gasteiger partial charge in [-0.25, -0.2) is 4.79 Å². The van der Waals surface area contributed by atoms with Gasteiger partial charge in [0.2, 0.25) is 0 Å². The van der Waals surface area contributed by atoms with E-state index in [0.29, 0.717) is 6.54 Å². The first kappa shape index (κ1) is 13.9. The molecular weight excluding hydrogens is 240 g/mol. The Balaban J connectivity index is 1.91. The average molecular weight is 262 g/mol. The van der Waals surface area contributed by atoms with Crippen LogP contribution in [0.5, 0.6) is 0 Å². The van der Waals surface area contributed by atoms with Crippen LogP contribution in [-0.4, -0.2) is 25.3 Å². The van der Waals surface area contributed by atoms with E-state index >= 15 is 0 Å². The lowest BCUT2D eigenvalue weighted by Gasteiger charge is -2.15. The number of carbonyl (C=O) groups is 1. The normalized spacial score (nSPS) is 18.3. The van der Waals surface area contributed by atoms with Gasteiger partial charge >= 0.3 is 6.03 Å². The molecule has 0 spiro atoms. The van der Waals surface area contributed by atoms with Crippen molar-refractivity contribution in [2.45, 2.75) is 39.2 Å². The van der Waals surface area contributed by atoms with Gasteiger partial charge < -0.3 is 15.4 Å². The fourth-order valence-corrected chi connectivity index (χ4v) is 2.37. The van der Waals surface area contributed by atoms with Crippen molar-refractivity contribution in [3.05, 3.63) is 29.3 Å². The Morgan fingerprint density at radius 2 is 2.32 bits per heavy atom. The second-order valence-electron chi connectivity index (χ2n) is 4.93. The summed E-state index contributed by atoms with van der Waals surface area (Å²) >= 11 is 0. The minimum absolute atomic E-state index is 0.153. The molecule has 19 heavy (non-hydrogen) atoms. The molecule has 104 valence electrons. The van der Waals surface area contributed by atoms with Gasteiger partial charge in [-0.05, 0) is 37.3 Å². The Kier molecular flexibility index (Phi) is 4.80. The highest BCUT2D eigenvalue weighted by Gasteiger charge is 2.16. The number of urea groups is 1.